The predicted molar refractivity (Wildman–Crippen MR) is 96.9 cm³/mol. The van der Waals surface area contributed by atoms with Crippen molar-refractivity contribution in [2.75, 3.05) is 50.9 Å². The fourth-order valence-electron chi connectivity index (χ4n) is 3.52. The van der Waals surface area contributed by atoms with E-state index in [0.29, 0.717) is 6.61 Å². The molecule has 1 atom stereocenters. The van der Waals surface area contributed by atoms with E-state index in [-0.39, 0.29) is 18.6 Å². The van der Waals surface area contributed by atoms with E-state index in [1.807, 2.05) is 18.7 Å². The van der Waals surface area contributed by atoms with Gasteiger partial charge in [-0.15, -0.1) is 0 Å². The number of amides is 1. The molecule has 1 amide bonds. The van der Waals surface area contributed by atoms with Gasteiger partial charge in [-0.2, -0.15) is 0 Å². The van der Waals surface area contributed by atoms with Crippen LogP contribution in [-0.4, -0.2) is 67.9 Å². The first kappa shape index (κ1) is 18.1. The monoisotopic (exact) mass is 347 g/mol. The minimum absolute atomic E-state index is 0.0811. The normalized spacial score (nSPS) is 21.4. The molecule has 0 radical (unpaired) electrons. The summed E-state index contributed by atoms with van der Waals surface area (Å²) in [5.41, 5.74) is 3.27. The number of piperazine rings is 1. The molecule has 1 unspecified atom stereocenters. The lowest BCUT2D eigenvalue weighted by Crippen LogP contribution is -2.50. The van der Waals surface area contributed by atoms with E-state index in [2.05, 4.69) is 22.0 Å². The third-order valence-electron chi connectivity index (χ3n) is 4.87. The third-order valence-corrected chi connectivity index (χ3v) is 4.87. The molecule has 0 spiro atoms. The summed E-state index contributed by atoms with van der Waals surface area (Å²) < 4.78 is 11.2. The van der Waals surface area contributed by atoms with Crippen molar-refractivity contribution >= 4 is 11.6 Å². The fourth-order valence-corrected chi connectivity index (χ4v) is 3.52. The van der Waals surface area contributed by atoms with Gasteiger partial charge in [-0.3, -0.25) is 9.78 Å². The molecule has 25 heavy (non-hydrogen) atoms. The Morgan fingerprint density at radius 1 is 1.20 bits per heavy atom. The Bertz CT molecular complexity index is 559. The van der Waals surface area contributed by atoms with Crippen LogP contribution in [0.15, 0.2) is 12.1 Å². The zero-order chi connectivity index (χ0) is 17.6. The first-order valence-electron chi connectivity index (χ1n) is 9.29. The maximum absolute atomic E-state index is 12.3. The number of nitrogens with zero attached hydrogens (tertiary/aromatic N) is 3. The molecule has 138 valence electrons. The molecule has 0 aliphatic carbocycles. The number of hydrogen-bond donors (Lipinski definition) is 0. The second kappa shape index (κ2) is 8.63. The Hall–Kier alpha value is -1.66. The molecular formula is C19H29N3O3. The van der Waals surface area contributed by atoms with Crippen LogP contribution in [0.4, 0.5) is 5.69 Å². The minimum atomic E-state index is 0.0811. The van der Waals surface area contributed by atoms with Gasteiger partial charge >= 0.3 is 0 Å². The summed E-state index contributed by atoms with van der Waals surface area (Å²) in [7, 11) is 0. The molecule has 3 rings (SSSR count). The molecule has 6 nitrogen and oxygen atoms in total. The molecule has 1 aromatic rings. The fraction of sp³-hybridized carbons (Fsp3) is 0.684. The molecule has 0 N–H and O–H groups in total. The lowest BCUT2D eigenvalue weighted by atomic mass is 10.1. The van der Waals surface area contributed by atoms with Crippen molar-refractivity contribution in [3.8, 4) is 0 Å². The lowest BCUT2D eigenvalue weighted by Gasteiger charge is -2.36. The Labute approximate surface area is 150 Å². The topological polar surface area (TPSA) is 54.9 Å². The Morgan fingerprint density at radius 3 is 2.56 bits per heavy atom. The van der Waals surface area contributed by atoms with Crippen molar-refractivity contribution in [2.24, 2.45) is 0 Å². The second-order valence-electron chi connectivity index (χ2n) is 6.98. The maximum atomic E-state index is 12.3. The Balaban J connectivity index is 1.41. The molecule has 6 heteroatoms. The predicted octanol–water partition coefficient (Wildman–Crippen LogP) is 1.93. The number of carbonyl (C=O) groups excluding carboxylic acids is 1. The lowest BCUT2D eigenvalue weighted by molar-refractivity contribution is -0.138. The van der Waals surface area contributed by atoms with Gasteiger partial charge in [0.1, 0.15) is 6.61 Å². The smallest absolute Gasteiger partial charge is 0.248 e. The van der Waals surface area contributed by atoms with Crippen LogP contribution in [0.1, 0.15) is 30.7 Å². The number of aryl methyl sites for hydroxylation is 2. The minimum Gasteiger partial charge on any atom is -0.376 e. The third kappa shape index (κ3) is 5.16. The van der Waals surface area contributed by atoms with Crippen molar-refractivity contribution < 1.29 is 14.3 Å². The zero-order valence-electron chi connectivity index (χ0n) is 15.4. The summed E-state index contributed by atoms with van der Waals surface area (Å²) in [5, 5.41) is 0. The summed E-state index contributed by atoms with van der Waals surface area (Å²) >= 11 is 0. The van der Waals surface area contributed by atoms with Gasteiger partial charge in [0.25, 0.3) is 0 Å². The summed E-state index contributed by atoms with van der Waals surface area (Å²) in [6.07, 6.45) is 3.53. The maximum Gasteiger partial charge on any atom is 0.248 e. The Kier molecular flexibility index (Phi) is 6.26. The van der Waals surface area contributed by atoms with Crippen LogP contribution in [0.3, 0.4) is 0 Å². The van der Waals surface area contributed by atoms with Gasteiger partial charge in [-0.1, -0.05) is 0 Å². The highest BCUT2D eigenvalue weighted by Gasteiger charge is 2.22. The van der Waals surface area contributed by atoms with Gasteiger partial charge in [0, 0.05) is 49.9 Å². The van der Waals surface area contributed by atoms with E-state index < -0.39 is 0 Å². The van der Waals surface area contributed by atoms with E-state index in [1.165, 1.54) is 12.1 Å². The van der Waals surface area contributed by atoms with Gasteiger partial charge in [-0.25, -0.2) is 0 Å². The van der Waals surface area contributed by atoms with Gasteiger partial charge in [0.2, 0.25) is 5.91 Å². The van der Waals surface area contributed by atoms with E-state index >= 15 is 0 Å². The van der Waals surface area contributed by atoms with E-state index in [0.717, 1.165) is 57.0 Å². The average Bonchev–Trinajstić information content (AvgIpc) is 2.62. The summed E-state index contributed by atoms with van der Waals surface area (Å²) in [6, 6.07) is 4.22. The molecular weight excluding hydrogens is 318 g/mol. The quantitative estimate of drug-likeness (QED) is 0.815. The molecule has 0 bridgehead atoms. The highest BCUT2D eigenvalue weighted by molar-refractivity contribution is 5.77. The SMILES string of the molecule is Cc1cc(N2CCN(C(=O)COCC3CCCCO3)CC2)cc(C)n1. The number of carbonyl (C=O) groups is 1. The number of hydrogen-bond acceptors (Lipinski definition) is 5. The van der Waals surface area contributed by atoms with Crippen LogP contribution in [0.5, 0.6) is 0 Å². The van der Waals surface area contributed by atoms with E-state index in [1.54, 1.807) is 0 Å². The van der Waals surface area contributed by atoms with Crippen LogP contribution in [0, 0.1) is 13.8 Å². The van der Waals surface area contributed by atoms with E-state index in [4.69, 9.17) is 9.47 Å². The standard InChI is InChI=1S/C19H29N3O3/c1-15-11-17(12-16(2)20-15)21-6-8-22(9-7-21)19(23)14-24-13-18-5-3-4-10-25-18/h11-12,18H,3-10,13-14H2,1-2H3. The van der Waals surface area contributed by atoms with Crippen LogP contribution in [0.2, 0.25) is 0 Å². The number of aromatic nitrogens is 1. The van der Waals surface area contributed by atoms with Crippen molar-refractivity contribution in [3.63, 3.8) is 0 Å². The Morgan fingerprint density at radius 2 is 1.92 bits per heavy atom. The van der Waals surface area contributed by atoms with Crippen LogP contribution in [0.25, 0.3) is 0 Å². The largest absolute Gasteiger partial charge is 0.376 e. The number of pyridine rings is 1. The number of ether oxygens (including phenoxy) is 2. The molecule has 1 aromatic heterocycles. The molecule has 0 saturated carbocycles. The molecule has 2 aliphatic heterocycles. The van der Waals surface area contributed by atoms with Crippen molar-refractivity contribution in [3.05, 3.63) is 23.5 Å². The molecule has 2 fully saturated rings. The highest BCUT2D eigenvalue weighted by atomic mass is 16.5. The summed E-state index contributed by atoms with van der Waals surface area (Å²) in [5.74, 6) is 0.0811. The van der Waals surface area contributed by atoms with Crippen molar-refractivity contribution in [1.82, 2.24) is 9.88 Å². The molecule has 3 heterocycles. The molecule has 2 aliphatic rings. The molecule has 0 aromatic carbocycles. The van der Waals surface area contributed by atoms with Gasteiger partial charge < -0.3 is 19.3 Å². The van der Waals surface area contributed by atoms with Crippen molar-refractivity contribution in [2.45, 2.75) is 39.2 Å². The molecule has 2 saturated heterocycles. The number of rotatable bonds is 5. The summed E-state index contributed by atoms with van der Waals surface area (Å²) in [4.78, 5) is 21.0. The number of anilines is 1. The van der Waals surface area contributed by atoms with Crippen LogP contribution >= 0.6 is 0 Å². The van der Waals surface area contributed by atoms with Gasteiger partial charge in [0.05, 0.1) is 12.7 Å². The first-order valence-corrected chi connectivity index (χ1v) is 9.29. The second-order valence-corrected chi connectivity index (χ2v) is 6.98. The van der Waals surface area contributed by atoms with Gasteiger partial charge in [0.15, 0.2) is 0 Å². The zero-order valence-corrected chi connectivity index (χ0v) is 15.4. The van der Waals surface area contributed by atoms with E-state index in [9.17, 15) is 4.79 Å². The van der Waals surface area contributed by atoms with Crippen LogP contribution < -0.4 is 4.90 Å². The highest BCUT2D eigenvalue weighted by Crippen LogP contribution is 2.18. The van der Waals surface area contributed by atoms with Crippen LogP contribution in [-0.2, 0) is 14.3 Å². The summed E-state index contributed by atoms with van der Waals surface area (Å²) in [6.45, 7) is 8.71. The average molecular weight is 347 g/mol. The first-order chi connectivity index (χ1) is 12.1. The van der Waals surface area contributed by atoms with Crippen molar-refractivity contribution in [1.29, 1.82) is 0 Å². The van der Waals surface area contributed by atoms with Gasteiger partial charge in [-0.05, 0) is 45.2 Å².